The Labute approximate surface area is 655 Å². The van der Waals surface area contributed by atoms with E-state index < -0.39 is 28.4 Å². The molecule has 0 radical (unpaired) electrons. The molecule has 4 amide bonds. The van der Waals surface area contributed by atoms with Gasteiger partial charge < -0.3 is 72.3 Å². The van der Waals surface area contributed by atoms with Crippen molar-refractivity contribution in [3.05, 3.63) is 125 Å². The molecular formula is C74H103BBr2N4O19S5. The van der Waals surface area contributed by atoms with Crippen LogP contribution >= 0.6 is 88.5 Å². The number of aromatic carboxylic acids is 1. The number of hydrogen-bond donors (Lipinski definition) is 2. The van der Waals surface area contributed by atoms with Crippen molar-refractivity contribution >= 4 is 149 Å². The Hall–Kier alpha value is -6.16. The molecule has 0 aromatic carbocycles. The third-order valence-corrected chi connectivity index (χ3v) is 23.2. The van der Waals surface area contributed by atoms with Gasteiger partial charge in [0.15, 0.2) is 0 Å². The van der Waals surface area contributed by atoms with Crippen LogP contribution in [0.25, 0.3) is 5.57 Å². The standard InChI is InChI=1S/C16H28BNO4.C16H23NO4S.C16H21NO4S.C15H23NO3S.C6H5BrO2S.C5H3BrO2S/c1-14(2,3)20-13(19)18-10-8-12(9-11-18)17-21-15(4,5)16(6,7)22-17;2*1-16(2,3)21-15(19)17-8-5-11(6-9-17)13-12(7-10-22-13)14(18)20-4;1-15(2,3)19-14(18)16-7-4-11(5-8-16)13-12(10-17)6-9-20-13;1-9-6(8)4-2-3-10-5(4)7;6-4-3(5(7)8)1-2-9-4/h8H,9-11H2,1-7H3;7,10-11H,5-6,8-9H2,1-4H3;5,7,10H,6,8-9H2,1-4H3;6,9,11,17H,4-5,7-8,10H2,1-3H3;2-3H,1H3;1-2H,(H,7,8). The fourth-order valence-corrected chi connectivity index (χ4v) is 16.2. The monoisotopic (exact) mass is 1680 g/mol. The van der Waals surface area contributed by atoms with E-state index in [1.165, 1.54) is 60.2 Å². The van der Waals surface area contributed by atoms with Gasteiger partial charge in [0.05, 0.1) is 69.0 Å². The van der Waals surface area contributed by atoms with Crippen LogP contribution in [0, 0.1) is 0 Å². The number of aliphatic hydroxyl groups is 1. The normalized spacial score (nSPS) is 16.7. The van der Waals surface area contributed by atoms with Gasteiger partial charge in [-0.1, -0.05) is 12.2 Å². The van der Waals surface area contributed by atoms with E-state index >= 15 is 0 Å². The predicted molar refractivity (Wildman–Crippen MR) is 420 cm³/mol. The van der Waals surface area contributed by atoms with Gasteiger partial charge in [0, 0.05) is 67.0 Å². The number of rotatable bonds is 9. The van der Waals surface area contributed by atoms with E-state index in [9.17, 15) is 43.5 Å². The lowest BCUT2D eigenvalue weighted by atomic mass is 9.75. The van der Waals surface area contributed by atoms with Gasteiger partial charge in [-0.3, -0.25) is 0 Å². The molecule has 5 aromatic heterocycles. The molecule has 5 aliphatic heterocycles. The molecule has 0 unspecified atom stereocenters. The number of likely N-dealkylation sites (tertiary alicyclic amines) is 2. The average molecular weight is 1680 g/mol. The molecule has 2 N–H and O–H groups in total. The van der Waals surface area contributed by atoms with Gasteiger partial charge in [-0.05, 0) is 267 Å². The van der Waals surface area contributed by atoms with Crippen molar-refractivity contribution < 1.29 is 91.0 Å². The molecule has 580 valence electrons. The molecular weight excluding hydrogens is 1580 g/mol. The molecule has 105 heavy (non-hydrogen) atoms. The van der Waals surface area contributed by atoms with Crippen molar-refractivity contribution in [3.63, 3.8) is 0 Å². The third-order valence-electron chi connectivity index (χ3n) is 16.6. The number of esters is 3. The third kappa shape index (κ3) is 28.1. The Morgan fingerprint density at radius 1 is 0.486 bits per heavy atom. The van der Waals surface area contributed by atoms with Gasteiger partial charge in [0.25, 0.3) is 0 Å². The van der Waals surface area contributed by atoms with Crippen molar-refractivity contribution in [2.45, 2.75) is 201 Å². The molecule has 0 atom stereocenters. The number of piperidine rings is 2. The zero-order chi connectivity index (χ0) is 78.6. The van der Waals surface area contributed by atoms with E-state index in [0.717, 1.165) is 75.3 Å². The van der Waals surface area contributed by atoms with E-state index in [2.05, 4.69) is 36.6 Å². The van der Waals surface area contributed by atoms with Gasteiger partial charge in [0.2, 0.25) is 0 Å². The van der Waals surface area contributed by atoms with Crippen molar-refractivity contribution in [1.29, 1.82) is 0 Å². The van der Waals surface area contributed by atoms with Crippen molar-refractivity contribution in [2.24, 2.45) is 0 Å². The minimum atomic E-state index is -0.886. The summed E-state index contributed by atoms with van der Waals surface area (Å²) in [5.74, 6) is -1.04. The highest BCUT2D eigenvalue weighted by atomic mass is 79.9. The average Bonchev–Trinajstić information content (AvgIpc) is 1.62. The topological polar surface area (TPSA) is 273 Å². The number of methoxy groups -OCH3 is 3. The molecule has 10 heterocycles. The summed E-state index contributed by atoms with van der Waals surface area (Å²) in [7, 11) is 3.83. The van der Waals surface area contributed by atoms with E-state index in [1.54, 1.807) is 65.9 Å². The van der Waals surface area contributed by atoms with Gasteiger partial charge in [0.1, 0.15) is 22.4 Å². The number of ether oxygens (including phenoxy) is 7. The van der Waals surface area contributed by atoms with Crippen LogP contribution in [-0.2, 0) is 49.1 Å². The maximum atomic E-state index is 12.1. The highest BCUT2D eigenvalue weighted by Crippen LogP contribution is 2.41. The predicted octanol–water partition coefficient (Wildman–Crippen LogP) is 18.3. The van der Waals surface area contributed by atoms with E-state index in [-0.39, 0.29) is 67.2 Å². The summed E-state index contributed by atoms with van der Waals surface area (Å²) in [5, 5.41) is 27.1. The number of carbonyl (C=O) groups is 8. The summed E-state index contributed by atoms with van der Waals surface area (Å²) in [4.78, 5) is 103. The van der Waals surface area contributed by atoms with Gasteiger partial charge in [-0.2, -0.15) is 0 Å². The molecule has 10 rings (SSSR count). The van der Waals surface area contributed by atoms with Gasteiger partial charge in [-0.15, -0.1) is 56.7 Å². The summed E-state index contributed by atoms with van der Waals surface area (Å²) in [6.45, 7) is 35.7. The first kappa shape index (κ1) is 89.5. The number of nitrogens with zero attached hydrogens (tertiary/aromatic N) is 4. The first-order valence-corrected chi connectivity index (χ1v) is 40.3. The van der Waals surface area contributed by atoms with Crippen molar-refractivity contribution in [1.82, 2.24) is 19.6 Å². The number of carboxylic acids is 1. The first-order chi connectivity index (χ1) is 48.9. The smallest absolute Gasteiger partial charge is 0.478 e. The quantitative estimate of drug-likeness (QED) is 0.0788. The zero-order valence-electron chi connectivity index (χ0n) is 63.7. The summed E-state index contributed by atoms with van der Waals surface area (Å²) in [5.41, 5.74) is 2.85. The molecule has 0 bridgehead atoms. The number of aliphatic hydroxyl groups excluding tert-OH is 1. The van der Waals surface area contributed by atoms with Crippen LogP contribution < -0.4 is 0 Å². The maximum absolute atomic E-state index is 12.1. The molecule has 23 nitrogen and oxygen atoms in total. The van der Waals surface area contributed by atoms with Gasteiger partial charge >= 0.3 is 55.4 Å². The summed E-state index contributed by atoms with van der Waals surface area (Å²) >= 11 is 14.0. The molecule has 3 saturated heterocycles. The zero-order valence-corrected chi connectivity index (χ0v) is 70.9. The van der Waals surface area contributed by atoms with E-state index in [1.807, 2.05) is 157 Å². The summed E-state index contributed by atoms with van der Waals surface area (Å²) < 4.78 is 49.3. The van der Waals surface area contributed by atoms with Crippen LogP contribution in [0.15, 0.2) is 82.4 Å². The van der Waals surface area contributed by atoms with Crippen LogP contribution in [0.4, 0.5) is 19.2 Å². The number of hydrogen-bond acceptors (Lipinski definition) is 23. The second-order valence-corrected chi connectivity index (χ2v) is 37.0. The van der Waals surface area contributed by atoms with Crippen molar-refractivity contribution in [3.8, 4) is 0 Å². The number of thiophene rings is 5. The van der Waals surface area contributed by atoms with Crippen LogP contribution in [0.5, 0.6) is 0 Å². The lowest BCUT2D eigenvalue weighted by Crippen LogP contribution is -2.41. The minimum absolute atomic E-state index is 0.102. The molecule has 31 heteroatoms. The fraction of sp³-hybridized carbons (Fsp3) is 0.568. The number of carboxylic acid groups (broad SMARTS) is 1. The largest absolute Gasteiger partial charge is 0.490 e. The Kier molecular flexibility index (Phi) is 33.9. The maximum Gasteiger partial charge on any atom is 0.490 e. The number of amides is 4. The lowest BCUT2D eigenvalue weighted by molar-refractivity contribution is 0.00578. The highest BCUT2D eigenvalue weighted by molar-refractivity contribution is 9.11. The number of carbonyl (C=O) groups excluding carboxylic acids is 7. The summed E-state index contributed by atoms with van der Waals surface area (Å²) in [6, 6.07) is 8.86. The second kappa shape index (κ2) is 39.8. The van der Waals surface area contributed by atoms with Crippen LogP contribution in [0.1, 0.15) is 223 Å². The fourth-order valence-electron chi connectivity index (χ4n) is 10.6. The molecule has 0 saturated carbocycles. The SMILES string of the molecule is CC(C)(C)OC(=O)N1CC=C(B2OC(C)(C)C(C)(C)O2)CC1.CC(C)(C)OC(=O)N1CCC(c2sccc2CO)CC1.COC(=O)c1ccsc1Br.COC(=O)c1ccsc1C1=CCN(C(=O)OC(C)(C)C)CC1.COC(=O)c1ccsc1C1CCN(C(=O)OC(C)(C)C)CC1.O=C(O)c1ccsc1Br. The lowest BCUT2D eigenvalue weighted by Gasteiger charge is -2.33. The molecule has 0 aliphatic carbocycles. The molecule has 3 fully saturated rings. The Morgan fingerprint density at radius 2 is 0.848 bits per heavy atom. The van der Waals surface area contributed by atoms with Crippen molar-refractivity contribution in [2.75, 3.05) is 73.7 Å². The minimum Gasteiger partial charge on any atom is -0.478 e. The number of halogens is 2. The molecule has 5 aromatic rings. The van der Waals surface area contributed by atoms with Crippen LogP contribution in [0.3, 0.4) is 0 Å². The van der Waals surface area contributed by atoms with Gasteiger partial charge in [-0.25, -0.2) is 38.4 Å². The van der Waals surface area contributed by atoms with Crippen LogP contribution in [-0.4, -0.2) is 192 Å². The van der Waals surface area contributed by atoms with E-state index in [4.69, 9.17) is 42.8 Å². The second-order valence-electron chi connectivity index (χ2n) is 29.8. The first-order valence-electron chi connectivity index (χ1n) is 34.3. The molecule has 0 spiro atoms. The Bertz CT molecular complexity index is 3760. The Balaban J connectivity index is 0.000000232. The molecule has 5 aliphatic rings. The summed E-state index contributed by atoms with van der Waals surface area (Å²) in [6.07, 6.45) is 7.95. The Morgan fingerprint density at radius 3 is 1.23 bits per heavy atom. The van der Waals surface area contributed by atoms with Crippen LogP contribution in [0.2, 0.25) is 0 Å². The highest BCUT2D eigenvalue weighted by Gasteiger charge is 2.52. The van der Waals surface area contributed by atoms with E-state index in [0.29, 0.717) is 83.6 Å².